The van der Waals surface area contributed by atoms with E-state index in [-0.39, 0.29) is 16.9 Å². The Morgan fingerprint density at radius 3 is 2.81 bits per heavy atom. The van der Waals surface area contributed by atoms with Crippen molar-refractivity contribution in [2.24, 2.45) is 0 Å². The minimum absolute atomic E-state index is 0.0121. The lowest BCUT2D eigenvalue weighted by molar-refractivity contribution is 0.528. The molecule has 0 bridgehead atoms. The van der Waals surface area contributed by atoms with Gasteiger partial charge < -0.3 is 5.32 Å². The highest BCUT2D eigenvalue weighted by Crippen LogP contribution is 2.31. The molecule has 0 fully saturated rings. The molecule has 1 rings (SSSR count). The van der Waals surface area contributed by atoms with Gasteiger partial charge in [-0.15, -0.1) is 0 Å². The highest BCUT2D eigenvalue weighted by atomic mass is 79.9. The van der Waals surface area contributed by atoms with Gasteiger partial charge >= 0.3 is 0 Å². The molecule has 5 heteroatoms. The predicted molar refractivity (Wildman–Crippen MR) is 73.9 cm³/mol. The molecule has 1 aromatic carbocycles. The molecule has 0 saturated heterocycles. The Bertz CT molecular complexity index is 362. The standard InChI is InChI=1S/C11H14BrClFNS/c1-15-9(5-6-16-2)7-3-4-8(12)10(13)11(7)14/h3-4,9,15H,5-6H2,1-2H3. The predicted octanol–water partition coefficient (Wildman–Crippen LogP) is 4.26. The van der Waals surface area contributed by atoms with Crippen molar-refractivity contribution in [1.82, 2.24) is 5.32 Å². The Kier molecular flexibility index (Phi) is 6.11. The zero-order valence-corrected chi connectivity index (χ0v) is 12.3. The first-order valence-corrected chi connectivity index (χ1v) is 7.47. The van der Waals surface area contributed by atoms with E-state index in [1.54, 1.807) is 23.9 Å². The van der Waals surface area contributed by atoms with Gasteiger partial charge in [-0.1, -0.05) is 17.7 Å². The van der Waals surface area contributed by atoms with Crippen molar-refractivity contribution in [2.75, 3.05) is 19.1 Å². The summed E-state index contributed by atoms with van der Waals surface area (Å²) in [5, 5.41) is 3.27. The molecule has 0 radical (unpaired) electrons. The van der Waals surface area contributed by atoms with Crippen molar-refractivity contribution >= 4 is 39.3 Å². The fourth-order valence-corrected chi connectivity index (χ4v) is 2.45. The SMILES string of the molecule is CNC(CCSC)c1ccc(Br)c(Cl)c1F. The van der Waals surface area contributed by atoms with Gasteiger partial charge in [0.05, 0.1) is 5.02 Å². The van der Waals surface area contributed by atoms with Crippen LogP contribution in [-0.2, 0) is 0 Å². The largest absolute Gasteiger partial charge is 0.313 e. The van der Waals surface area contributed by atoms with Crippen LogP contribution in [0, 0.1) is 5.82 Å². The summed E-state index contributed by atoms with van der Waals surface area (Å²) < 4.78 is 14.5. The molecule has 0 spiro atoms. The second-order valence-electron chi connectivity index (χ2n) is 3.39. The quantitative estimate of drug-likeness (QED) is 0.812. The molecule has 0 amide bonds. The van der Waals surface area contributed by atoms with Crippen LogP contribution in [0.25, 0.3) is 0 Å². The molecule has 1 unspecified atom stereocenters. The monoisotopic (exact) mass is 325 g/mol. The Hall–Kier alpha value is 0.230. The van der Waals surface area contributed by atoms with Crippen LogP contribution in [0.4, 0.5) is 4.39 Å². The third-order valence-corrected chi connectivity index (χ3v) is 4.30. The number of hydrogen-bond donors (Lipinski definition) is 1. The molecule has 0 aliphatic rings. The van der Waals surface area contributed by atoms with Crippen LogP contribution in [0.3, 0.4) is 0 Å². The molecular weight excluding hydrogens is 313 g/mol. The first-order chi connectivity index (χ1) is 7.61. The summed E-state index contributed by atoms with van der Waals surface area (Å²) >= 11 is 10.8. The van der Waals surface area contributed by atoms with Crippen LogP contribution < -0.4 is 5.32 Å². The third kappa shape index (κ3) is 3.36. The summed E-state index contributed by atoms with van der Waals surface area (Å²) in [5.41, 5.74) is 0.629. The summed E-state index contributed by atoms with van der Waals surface area (Å²) in [6, 6.07) is 3.56. The van der Waals surface area contributed by atoms with Gasteiger partial charge in [-0.2, -0.15) is 11.8 Å². The summed E-state index contributed by atoms with van der Waals surface area (Å²) in [6.45, 7) is 0. The molecule has 0 aliphatic heterocycles. The zero-order valence-electron chi connectivity index (χ0n) is 9.19. The molecular formula is C11H14BrClFNS. The lowest BCUT2D eigenvalue weighted by Gasteiger charge is -2.17. The van der Waals surface area contributed by atoms with E-state index in [1.807, 2.05) is 13.3 Å². The minimum atomic E-state index is -0.337. The van der Waals surface area contributed by atoms with E-state index in [9.17, 15) is 4.39 Å². The molecule has 16 heavy (non-hydrogen) atoms. The number of halogens is 3. The van der Waals surface area contributed by atoms with E-state index in [0.29, 0.717) is 10.0 Å². The molecule has 0 saturated carbocycles. The second kappa shape index (κ2) is 6.84. The fourth-order valence-electron chi connectivity index (χ4n) is 1.50. The van der Waals surface area contributed by atoms with Gasteiger partial charge in [-0.05, 0) is 47.5 Å². The molecule has 0 aliphatic carbocycles. The number of benzene rings is 1. The lowest BCUT2D eigenvalue weighted by Crippen LogP contribution is -2.18. The van der Waals surface area contributed by atoms with Gasteiger partial charge in [0.15, 0.2) is 0 Å². The Morgan fingerprint density at radius 2 is 2.25 bits per heavy atom. The molecule has 1 N–H and O–H groups in total. The first kappa shape index (κ1) is 14.3. The van der Waals surface area contributed by atoms with E-state index >= 15 is 0 Å². The van der Waals surface area contributed by atoms with Gasteiger partial charge in [-0.25, -0.2) is 4.39 Å². The van der Waals surface area contributed by atoms with Crippen LogP contribution in [0.1, 0.15) is 18.0 Å². The van der Waals surface area contributed by atoms with Crippen molar-refractivity contribution < 1.29 is 4.39 Å². The van der Waals surface area contributed by atoms with Gasteiger partial charge in [0, 0.05) is 16.1 Å². The molecule has 1 aromatic rings. The summed E-state index contributed by atoms with van der Waals surface area (Å²) in [4.78, 5) is 0. The van der Waals surface area contributed by atoms with Crippen LogP contribution in [0.2, 0.25) is 5.02 Å². The normalized spacial score (nSPS) is 12.8. The molecule has 90 valence electrons. The smallest absolute Gasteiger partial charge is 0.147 e. The first-order valence-electron chi connectivity index (χ1n) is 4.91. The average Bonchev–Trinajstić information content (AvgIpc) is 2.29. The van der Waals surface area contributed by atoms with Crippen molar-refractivity contribution in [3.63, 3.8) is 0 Å². The van der Waals surface area contributed by atoms with Crippen LogP contribution in [0.5, 0.6) is 0 Å². The number of hydrogen-bond acceptors (Lipinski definition) is 2. The average molecular weight is 327 g/mol. The molecule has 0 aromatic heterocycles. The highest BCUT2D eigenvalue weighted by Gasteiger charge is 2.17. The highest BCUT2D eigenvalue weighted by molar-refractivity contribution is 9.10. The maximum Gasteiger partial charge on any atom is 0.147 e. The minimum Gasteiger partial charge on any atom is -0.313 e. The number of rotatable bonds is 5. The van der Waals surface area contributed by atoms with Crippen LogP contribution >= 0.6 is 39.3 Å². The molecule has 1 nitrogen and oxygen atoms in total. The van der Waals surface area contributed by atoms with Gasteiger partial charge in [0.1, 0.15) is 5.82 Å². The van der Waals surface area contributed by atoms with Crippen molar-refractivity contribution in [3.8, 4) is 0 Å². The van der Waals surface area contributed by atoms with E-state index in [1.165, 1.54) is 0 Å². The van der Waals surface area contributed by atoms with Gasteiger partial charge in [-0.3, -0.25) is 0 Å². The second-order valence-corrected chi connectivity index (χ2v) is 5.61. The summed E-state index contributed by atoms with van der Waals surface area (Å²) in [6.07, 6.45) is 2.92. The Labute approximate surface area is 113 Å². The van der Waals surface area contributed by atoms with Crippen LogP contribution in [0.15, 0.2) is 16.6 Å². The summed E-state index contributed by atoms with van der Waals surface area (Å²) in [7, 11) is 1.83. The van der Waals surface area contributed by atoms with Crippen molar-refractivity contribution in [3.05, 3.63) is 33.0 Å². The van der Waals surface area contributed by atoms with E-state index < -0.39 is 0 Å². The lowest BCUT2D eigenvalue weighted by atomic mass is 10.0. The maximum absolute atomic E-state index is 13.9. The number of nitrogens with one attached hydrogen (secondary N) is 1. The molecule has 1 atom stereocenters. The van der Waals surface area contributed by atoms with Crippen molar-refractivity contribution in [2.45, 2.75) is 12.5 Å². The topological polar surface area (TPSA) is 12.0 Å². The third-order valence-electron chi connectivity index (χ3n) is 2.40. The Balaban J connectivity index is 2.96. The number of thioether (sulfide) groups is 1. The Morgan fingerprint density at radius 1 is 1.56 bits per heavy atom. The fraction of sp³-hybridized carbons (Fsp3) is 0.455. The maximum atomic E-state index is 13.9. The van der Waals surface area contributed by atoms with Crippen LogP contribution in [-0.4, -0.2) is 19.1 Å². The van der Waals surface area contributed by atoms with Crippen molar-refractivity contribution in [1.29, 1.82) is 0 Å². The summed E-state index contributed by atoms with van der Waals surface area (Å²) in [5.74, 6) is 0.648. The van der Waals surface area contributed by atoms with E-state index in [2.05, 4.69) is 21.2 Å². The van der Waals surface area contributed by atoms with Gasteiger partial charge in [0.25, 0.3) is 0 Å². The van der Waals surface area contributed by atoms with E-state index in [4.69, 9.17) is 11.6 Å². The molecule has 0 heterocycles. The van der Waals surface area contributed by atoms with E-state index in [0.717, 1.165) is 12.2 Å². The zero-order chi connectivity index (χ0) is 12.1. The van der Waals surface area contributed by atoms with Gasteiger partial charge in [0.2, 0.25) is 0 Å².